The van der Waals surface area contributed by atoms with Crippen molar-refractivity contribution in [2.24, 2.45) is 5.73 Å². The average molecular weight is 279 g/mol. The Hall–Kier alpha value is -2.59. The Labute approximate surface area is 123 Å². The van der Waals surface area contributed by atoms with Crippen LogP contribution in [0, 0.1) is 0 Å². The minimum Gasteiger partial charge on any atom is -0.492 e. The smallest absolute Gasteiger partial charge is 0.138 e. The lowest BCUT2D eigenvalue weighted by Gasteiger charge is -2.10. The topological polar surface area (TPSA) is 60.2 Å². The monoisotopic (exact) mass is 279 g/mol. The normalized spacial score (nSPS) is 10.5. The van der Waals surface area contributed by atoms with Gasteiger partial charge in [-0.3, -0.25) is 0 Å². The summed E-state index contributed by atoms with van der Waals surface area (Å²) < 4.78 is 5.46. The lowest BCUT2D eigenvalue weighted by molar-refractivity contribution is 0.328. The predicted molar refractivity (Wildman–Crippen MR) is 86.0 cm³/mol. The van der Waals surface area contributed by atoms with Crippen molar-refractivity contribution in [1.29, 1.82) is 0 Å². The number of anilines is 2. The second-order valence-electron chi connectivity index (χ2n) is 4.67. The van der Waals surface area contributed by atoms with Crippen LogP contribution >= 0.6 is 0 Å². The molecule has 3 rings (SSSR count). The first-order valence-electron chi connectivity index (χ1n) is 6.90. The Balaban J connectivity index is 1.82. The fraction of sp³-hybridized carbons (Fsp3) is 0.118. The number of hydrogen-bond donors (Lipinski definition) is 2. The molecule has 4 heteroatoms. The van der Waals surface area contributed by atoms with Gasteiger partial charge in [-0.05, 0) is 35.7 Å². The van der Waals surface area contributed by atoms with Crippen LogP contribution in [-0.4, -0.2) is 18.1 Å². The van der Waals surface area contributed by atoms with Gasteiger partial charge in [0.25, 0.3) is 0 Å². The molecule has 4 nitrogen and oxygen atoms in total. The van der Waals surface area contributed by atoms with E-state index in [2.05, 4.69) is 22.4 Å². The van der Waals surface area contributed by atoms with Crippen LogP contribution in [0.1, 0.15) is 0 Å². The maximum atomic E-state index is 5.46. The van der Waals surface area contributed by atoms with Crippen molar-refractivity contribution in [2.75, 3.05) is 18.5 Å². The maximum absolute atomic E-state index is 5.46. The molecular formula is C17H17N3O. The molecule has 0 saturated carbocycles. The molecule has 1 heterocycles. The number of pyridine rings is 1. The minimum absolute atomic E-state index is 0.514. The van der Waals surface area contributed by atoms with E-state index in [1.807, 2.05) is 48.7 Å². The van der Waals surface area contributed by atoms with Gasteiger partial charge in [0.2, 0.25) is 0 Å². The van der Waals surface area contributed by atoms with Gasteiger partial charge >= 0.3 is 0 Å². The zero-order chi connectivity index (χ0) is 14.5. The zero-order valence-electron chi connectivity index (χ0n) is 11.6. The first-order valence-corrected chi connectivity index (χ1v) is 6.90. The van der Waals surface area contributed by atoms with Crippen molar-refractivity contribution in [3.63, 3.8) is 0 Å². The van der Waals surface area contributed by atoms with Gasteiger partial charge in [0.05, 0.1) is 0 Å². The summed E-state index contributed by atoms with van der Waals surface area (Å²) in [5.41, 5.74) is 6.39. The lowest BCUT2D eigenvalue weighted by Crippen LogP contribution is -2.10. The summed E-state index contributed by atoms with van der Waals surface area (Å²) in [4.78, 5) is 4.42. The lowest BCUT2D eigenvalue weighted by atomic mass is 10.1. The van der Waals surface area contributed by atoms with Gasteiger partial charge in [0.15, 0.2) is 0 Å². The molecule has 0 unspecified atom stereocenters. The van der Waals surface area contributed by atoms with Crippen molar-refractivity contribution in [1.82, 2.24) is 4.98 Å². The van der Waals surface area contributed by atoms with E-state index in [4.69, 9.17) is 10.5 Å². The highest BCUT2D eigenvalue weighted by Crippen LogP contribution is 2.25. The van der Waals surface area contributed by atoms with Crippen LogP contribution in [0.3, 0.4) is 0 Å². The van der Waals surface area contributed by atoms with Gasteiger partial charge in [0, 0.05) is 23.8 Å². The Morgan fingerprint density at radius 3 is 2.62 bits per heavy atom. The van der Waals surface area contributed by atoms with E-state index < -0.39 is 0 Å². The first-order chi connectivity index (χ1) is 10.4. The van der Waals surface area contributed by atoms with Crippen molar-refractivity contribution in [3.8, 4) is 5.75 Å². The van der Waals surface area contributed by atoms with Gasteiger partial charge in [-0.25, -0.2) is 4.98 Å². The molecule has 106 valence electrons. The largest absolute Gasteiger partial charge is 0.492 e. The summed E-state index contributed by atoms with van der Waals surface area (Å²) in [6.45, 7) is 1.04. The molecule has 3 N–H and O–H groups in total. The summed E-state index contributed by atoms with van der Waals surface area (Å²) in [6, 6.07) is 17.9. The Morgan fingerprint density at radius 2 is 1.81 bits per heavy atom. The zero-order valence-corrected chi connectivity index (χ0v) is 11.6. The number of aromatic nitrogens is 1. The molecule has 1 aromatic heterocycles. The molecule has 0 radical (unpaired) electrons. The third kappa shape index (κ3) is 3.12. The third-order valence-electron chi connectivity index (χ3n) is 3.18. The van der Waals surface area contributed by atoms with Gasteiger partial charge in [-0.15, -0.1) is 0 Å². The standard InChI is InChI=1S/C17H17N3O/c18-10-12-21-15-7-5-14(6-8-15)20-17-16-4-2-1-3-13(16)9-11-19-17/h1-9,11H,10,12,18H2,(H,19,20). The maximum Gasteiger partial charge on any atom is 0.138 e. The summed E-state index contributed by atoms with van der Waals surface area (Å²) in [6.07, 6.45) is 1.81. The van der Waals surface area contributed by atoms with Crippen molar-refractivity contribution in [3.05, 3.63) is 60.8 Å². The number of benzene rings is 2. The second kappa shape index (κ2) is 6.24. The number of hydrogen-bond acceptors (Lipinski definition) is 4. The number of rotatable bonds is 5. The molecule has 2 aromatic carbocycles. The van der Waals surface area contributed by atoms with Gasteiger partial charge in [-0.1, -0.05) is 24.3 Å². The van der Waals surface area contributed by atoms with Crippen LogP contribution in [0.15, 0.2) is 60.8 Å². The molecule has 0 saturated heterocycles. The Morgan fingerprint density at radius 1 is 1.00 bits per heavy atom. The third-order valence-corrected chi connectivity index (χ3v) is 3.18. The highest BCUT2D eigenvalue weighted by Gasteiger charge is 2.02. The van der Waals surface area contributed by atoms with E-state index in [1.54, 1.807) is 0 Å². The molecule has 0 aliphatic rings. The van der Waals surface area contributed by atoms with Crippen LogP contribution in [0.4, 0.5) is 11.5 Å². The van der Waals surface area contributed by atoms with E-state index in [0.717, 1.165) is 28.0 Å². The van der Waals surface area contributed by atoms with Crippen LogP contribution < -0.4 is 15.8 Å². The molecule has 0 fully saturated rings. The number of fused-ring (bicyclic) bond motifs is 1. The minimum atomic E-state index is 0.514. The van der Waals surface area contributed by atoms with Crippen LogP contribution in [0.25, 0.3) is 10.8 Å². The van der Waals surface area contributed by atoms with Crippen LogP contribution in [-0.2, 0) is 0 Å². The van der Waals surface area contributed by atoms with E-state index >= 15 is 0 Å². The highest BCUT2D eigenvalue weighted by molar-refractivity contribution is 5.93. The van der Waals surface area contributed by atoms with Crippen LogP contribution in [0.2, 0.25) is 0 Å². The van der Waals surface area contributed by atoms with Crippen molar-refractivity contribution < 1.29 is 4.74 Å². The second-order valence-corrected chi connectivity index (χ2v) is 4.67. The predicted octanol–water partition coefficient (Wildman–Crippen LogP) is 3.32. The molecule has 0 aliphatic heterocycles. The van der Waals surface area contributed by atoms with E-state index in [0.29, 0.717) is 13.2 Å². The molecule has 0 amide bonds. The molecule has 0 bridgehead atoms. The SMILES string of the molecule is NCCOc1ccc(Nc2nccc3ccccc23)cc1. The first kappa shape index (κ1) is 13.4. The number of nitrogens with one attached hydrogen (secondary N) is 1. The average Bonchev–Trinajstić information content (AvgIpc) is 2.55. The molecule has 0 spiro atoms. The molecule has 21 heavy (non-hydrogen) atoms. The van der Waals surface area contributed by atoms with Gasteiger partial charge in [0.1, 0.15) is 18.2 Å². The summed E-state index contributed by atoms with van der Waals surface area (Å²) in [5.74, 6) is 1.67. The summed E-state index contributed by atoms with van der Waals surface area (Å²) in [5, 5.41) is 5.60. The number of ether oxygens (including phenoxy) is 1. The van der Waals surface area contributed by atoms with E-state index in [-0.39, 0.29) is 0 Å². The molecule has 0 atom stereocenters. The summed E-state index contributed by atoms with van der Waals surface area (Å²) >= 11 is 0. The van der Waals surface area contributed by atoms with Gasteiger partial charge in [-0.2, -0.15) is 0 Å². The molecule has 0 aliphatic carbocycles. The van der Waals surface area contributed by atoms with Crippen molar-refractivity contribution >= 4 is 22.3 Å². The fourth-order valence-corrected chi connectivity index (χ4v) is 2.17. The quantitative estimate of drug-likeness (QED) is 0.752. The highest BCUT2D eigenvalue weighted by atomic mass is 16.5. The van der Waals surface area contributed by atoms with Crippen LogP contribution in [0.5, 0.6) is 5.75 Å². The number of nitrogens with two attached hydrogens (primary N) is 1. The Bertz CT molecular complexity index is 720. The van der Waals surface area contributed by atoms with Crippen molar-refractivity contribution in [2.45, 2.75) is 0 Å². The fourth-order valence-electron chi connectivity index (χ4n) is 2.17. The van der Waals surface area contributed by atoms with E-state index in [1.165, 1.54) is 0 Å². The van der Waals surface area contributed by atoms with Gasteiger partial charge < -0.3 is 15.8 Å². The molecular weight excluding hydrogens is 262 g/mol. The summed E-state index contributed by atoms with van der Waals surface area (Å²) in [7, 11) is 0. The molecule has 3 aromatic rings. The van der Waals surface area contributed by atoms with E-state index in [9.17, 15) is 0 Å². The Kier molecular flexibility index (Phi) is 3.98. The number of nitrogens with zero attached hydrogens (tertiary/aromatic N) is 1.